The van der Waals surface area contributed by atoms with Crippen molar-refractivity contribution in [2.75, 3.05) is 11.4 Å². The van der Waals surface area contributed by atoms with Gasteiger partial charge in [-0.2, -0.15) is 0 Å². The number of benzene rings is 1. The Kier molecular flexibility index (Phi) is 3.38. The van der Waals surface area contributed by atoms with Crippen LogP contribution in [0.5, 0.6) is 0 Å². The highest BCUT2D eigenvalue weighted by Crippen LogP contribution is 2.28. The lowest BCUT2D eigenvalue weighted by Crippen LogP contribution is -2.25. The van der Waals surface area contributed by atoms with Crippen LogP contribution in [0.25, 0.3) is 11.0 Å². The number of aryl methyl sites for hydroxylation is 1. The molecule has 108 valence electrons. The second-order valence-electron chi connectivity index (χ2n) is 4.57. The SMILES string of the molecule is Cc1ccc(S(=O)(=O)N(C)c2ccc3nccnc3c2)s1. The molecule has 0 radical (unpaired) electrons. The molecule has 7 heteroatoms. The highest BCUT2D eigenvalue weighted by molar-refractivity contribution is 7.94. The van der Waals surface area contributed by atoms with E-state index in [1.807, 2.05) is 6.92 Å². The van der Waals surface area contributed by atoms with Crippen molar-refractivity contribution in [2.45, 2.75) is 11.1 Å². The van der Waals surface area contributed by atoms with Crippen LogP contribution in [0.3, 0.4) is 0 Å². The third kappa shape index (κ3) is 2.50. The molecule has 0 aliphatic carbocycles. The normalized spacial score (nSPS) is 11.7. The summed E-state index contributed by atoms with van der Waals surface area (Å²) in [4.78, 5) is 9.34. The van der Waals surface area contributed by atoms with Crippen LogP contribution in [-0.4, -0.2) is 25.4 Å². The molecule has 3 rings (SSSR count). The number of anilines is 1. The van der Waals surface area contributed by atoms with Gasteiger partial charge in [-0.3, -0.25) is 14.3 Å². The molecule has 0 amide bonds. The summed E-state index contributed by atoms with van der Waals surface area (Å²) in [5, 5.41) is 0. The third-order valence-electron chi connectivity index (χ3n) is 3.15. The van der Waals surface area contributed by atoms with Gasteiger partial charge >= 0.3 is 0 Å². The summed E-state index contributed by atoms with van der Waals surface area (Å²) in [5.41, 5.74) is 1.97. The molecule has 0 atom stereocenters. The molecule has 0 spiro atoms. The minimum atomic E-state index is -3.54. The van der Waals surface area contributed by atoms with E-state index in [-0.39, 0.29) is 0 Å². The number of nitrogens with zero attached hydrogens (tertiary/aromatic N) is 3. The first kappa shape index (κ1) is 14.0. The maximum atomic E-state index is 12.6. The Morgan fingerprint density at radius 1 is 1.05 bits per heavy atom. The number of hydrogen-bond donors (Lipinski definition) is 0. The second-order valence-corrected chi connectivity index (χ2v) is 8.05. The van der Waals surface area contributed by atoms with E-state index < -0.39 is 10.0 Å². The molecular formula is C14H13N3O2S2. The third-order valence-corrected chi connectivity index (χ3v) is 6.40. The van der Waals surface area contributed by atoms with Gasteiger partial charge in [0.15, 0.2) is 0 Å². The average molecular weight is 319 g/mol. The van der Waals surface area contributed by atoms with Crippen molar-refractivity contribution in [3.8, 4) is 0 Å². The zero-order valence-corrected chi connectivity index (χ0v) is 13.1. The topological polar surface area (TPSA) is 63.2 Å². The van der Waals surface area contributed by atoms with Crippen LogP contribution < -0.4 is 4.31 Å². The molecule has 0 unspecified atom stereocenters. The molecule has 5 nitrogen and oxygen atoms in total. The number of rotatable bonds is 3. The molecule has 21 heavy (non-hydrogen) atoms. The Morgan fingerprint density at radius 2 is 1.76 bits per heavy atom. The molecule has 0 fully saturated rings. The molecule has 0 aliphatic heterocycles. The second kappa shape index (κ2) is 5.09. The van der Waals surface area contributed by atoms with Gasteiger partial charge in [0.05, 0.1) is 16.7 Å². The van der Waals surface area contributed by atoms with Gasteiger partial charge in [-0.25, -0.2) is 8.42 Å². The molecule has 2 aromatic heterocycles. The van der Waals surface area contributed by atoms with Gasteiger partial charge in [-0.1, -0.05) is 0 Å². The van der Waals surface area contributed by atoms with Crippen molar-refractivity contribution in [3.05, 3.63) is 47.6 Å². The number of sulfonamides is 1. The van der Waals surface area contributed by atoms with E-state index >= 15 is 0 Å². The maximum absolute atomic E-state index is 12.6. The van der Waals surface area contributed by atoms with Crippen LogP contribution in [0.1, 0.15) is 4.88 Å². The molecule has 0 aliphatic rings. The zero-order valence-electron chi connectivity index (χ0n) is 11.5. The highest BCUT2D eigenvalue weighted by Gasteiger charge is 2.23. The Hall–Kier alpha value is -1.99. The van der Waals surface area contributed by atoms with Crippen molar-refractivity contribution in [2.24, 2.45) is 0 Å². The summed E-state index contributed by atoms with van der Waals surface area (Å²) in [5.74, 6) is 0. The van der Waals surface area contributed by atoms with E-state index in [2.05, 4.69) is 9.97 Å². The maximum Gasteiger partial charge on any atom is 0.273 e. The monoisotopic (exact) mass is 319 g/mol. The minimum absolute atomic E-state index is 0.335. The Bertz CT molecular complexity index is 903. The van der Waals surface area contributed by atoms with Crippen molar-refractivity contribution < 1.29 is 8.42 Å². The number of thiophene rings is 1. The van der Waals surface area contributed by atoms with E-state index in [1.54, 1.807) is 49.8 Å². The molecule has 0 N–H and O–H groups in total. The van der Waals surface area contributed by atoms with E-state index in [0.717, 1.165) is 10.4 Å². The van der Waals surface area contributed by atoms with Crippen LogP contribution in [-0.2, 0) is 10.0 Å². The fourth-order valence-electron chi connectivity index (χ4n) is 1.97. The van der Waals surface area contributed by atoms with Gasteiger partial charge in [0.2, 0.25) is 0 Å². The van der Waals surface area contributed by atoms with Gasteiger partial charge in [0.25, 0.3) is 10.0 Å². The quantitative estimate of drug-likeness (QED) is 0.744. The van der Waals surface area contributed by atoms with Crippen molar-refractivity contribution in [3.63, 3.8) is 0 Å². The molecular weight excluding hydrogens is 306 g/mol. The van der Waals surface area contributed by atoms with Gasteiger partial charge in [0, 0.05) is 24.3 Å². The minimum Gasteiger partial charge on any atom is -0.269 e. The van der Waals surface area contributed by atoms with Gasteiger partial charge in [-0.05, 0) is 37.3 Å². The van der Waals surface area contributed by atoms with E-state index in [9.17, 15) is 8.42 Å². The fraction of sp³-hybridized carbons (Fsp3) is 0.143. The summed E-state index contributed by atoms with van der Waals surface area (Å²) in [6, 6.07) is 8.66. The first-order valence-corrected chi connectivity index (χ1v) is 8.50. The van der Waals surface area contributed by atoms with Crippen LogP contribution in [0, 0.1) is 6.92 Å². The van der Waals surface area contributed by atoms with Crippen LogP contribution in [0.15, 0.2) is 46.9 Å². The summed E-state index contributed by atoms with van der Waals surface area (Å²) in [6.07, 6.45) is 3.19. The molecule has 2 heterocycles. The van der Waals surface area contributed by atoms with E-state index in [4.69, 9.17) is 0 Å². The Morgan fingerprint density at radius 3 is 2.43 bits per heavy atom. The standard InChI is InChI=1S/C14H13N3O2S2/c1-10-3-6-14(20-10)21(18,19)17(2)11-4-5-12-13(9-11)16-8-7-15-12/h3-9H,1-2H3. The summed E-state index contributed by atoms with van der Waals surface area (Å²) in [6.45, 7) is 1.88. The number of fused-ring (bicyclic) bond motifs is 1. The average Bonchev–Trinajstić information content (AvgIpc) is 2.93. The zero-order chi connectivity index (χ0) is 15.0. The van der Waals surface area contributed by atoms with Gasteiger partial charge in [-0.15, -0.1) is 11.3 Å². The van der Waals surface area contributed by atoms with Crippen molar-refractivity contribution in [1.82, 2.24) is 9.97 Å². The summed E-state index contributed by atoms with van der Waals surface area (Å²) in [7, 11) is -1.99. The lowest BCUT2D eigenvalue weighted by atomic mass is 10.2. The van der Waals surface area contributed by atoms with Crippen LogP contribution in [0.4, 0.5) is 5.69 Å². The lowest BCUT2D eigenvalue weighted by Gasteiger charge is -2.18. The van der Waals surface area contributed by atoms with Crippen LogP contribution in [0.2, 0.25) is 0 Å². The smallest absolute Gasteiger partial charge is 0.269 e. The fourth-order valence-corrected chi connectivity index (χ4v) is 4.61. The molecule has 0 bridgehead atoms. The Labute approximate surface area is 127 Å². The summed E-state index contributed by atoms with van der Waals surface area (Å²) >= 11 is 1.26. The molecule has 3 aromatic rings. The molecule has 1 aromatic carbocycles. The van der Waals surface area contributed by atoms with Crippen LogP contribution >= 0.6 is 11.3 Å². The highest BCUT2D eigenvalue weighted by atomic mass is 32.2. The first-order chi connectivity index (χ1) is 9.98. The van der Waals surface area contributed by atoms with Gasteiger partial charge < -0.3 is 0 Å². The predicted molar refractivity (Wildman–Crippen MR) is 84.2 cm³/mol. The predicted octanol–water partition coefficient (Wildman–Crippen LogP) is 2.82. The Balaban J connectivity index is 2.05. The van der Waals surface area contributed by atoms with Gasteiger partial charge in [0.1, 0.15) is 4.21 Å². The first-order valence-electron chi connectivity index (χ1n) is 6.24. The van der Waals surface area contributed by atoms with Crippen molar-refractivity contribution in [1.29, 1.82) is 0 Å². The largest absolute Gasteiger partial charge is 0.273 e. The van der Waals surface area contributed by atoms with E-state index in [1.165, 1.54) is 15.6 Å². The van der Waals surface area contributed by atoms with Crippen molar-refractivity contribution >= 4 is 38.1 Å². The molecule has 0 saturated carbocycles. The lowest BCUT2D eigenvalue weighted by molar-refractivity contribution is 0.596. The number of aromatic nitrogens is 2. The summed E-state index contributed by atoms with van der Waals surface area (Å²) < 4.78 is 26.8. The molecule has 0 saturated heterocycles. The van der Waals surface area contributed by atoms with E-state index in [0.29, 0.717) is 15.4 Å². The number of hydrogen-bond acceptors (Lipinski definition) is 5.